The first-order chi connectivity index (χ1) is 10.2. The third-order valence-corrected chi connectivity index (χ3v) is 4.06. The summed E-state index contributed by atoms with van der Waals surface area (Å²) in [6.07, 6.45) is 2.29. The van der Waals surface area contributed by atoms with Gasteiger partial charge in [-0.2, -0.15) is 0 Å². The topological polar surface area (TPSA) is 87.5 Å². The highest BCUT2D eigenvalue weighted by molar-refractivity contribution is 5.97. The Bertz CT molecular complexity index is 545. The molecule has 0 spiro atoms. The fourth-order valence-electron chi connectivity index (χ4n) is 2.63. The summed E-state index contributed by atoms with van der Waals surface area (Å²) in [6, 6.07) is 7.07. The first kappa shape index (κ1) is 16.6. The highest BCUT2D eigenvalue weighted by Gasteiger charge is 2.31. The SMILES string of the molecule is Cl.NCC(NC(=O)c1ccc(N2CCNC2=O)cc1)C1CC1. The van der Waals surface area contributed by atoms with Crippen LogP contribution in [0.4, 0.5) is 10.5 Å². The molecule has 1 heterocycles. The average molecular weight is 325 g/mol. The van der Waals surface area contributed by atoms with Crippen molar-refractivity contribution in [2.24, 2.45) is 11.7 Å². The van der Waals surface area contributed by atoms with Gasteiger partial charge in [0.05, 0.1) is 0 Å². The Morgan fingerprint density at radius 1 is 1.36 bits per heavy atom. The van der Waals surface area contributed by atoms with E-state index < -0.39 is 0 Å². The van der Waals surface area contributed by atoms with Gasteiger partial charge in [-0.25, -0.2) is 4.79 Å². The van der Waals surface area contributed by atoms with Crippen LogP contribution in [0.25, 0.3) is 0 Å². The lowest BCUT2D eigenvalue weighted by molar-refractivity contribution is 0.0933. The molecule has 1 saturated carbocycles. The molecule has 1 aromatic rings. The van der Waals surface area contributed by atoms with Gasteiger partial charge >= 0.3 is 6.03 Å². The lowest BCUT2D eigenvalue weighted by Crippen LogP contribution is -2.41. The molecule has 1 aromatic carbocycles. The van der Waals surface area contributed by atoms with Crippen LogP contribution in [0.3, 0.4) is 0 Å². The Morgan fingerprint density at radius 2 is 2.05 bits per heavy atom. The molecule has 1 saturated heterocycles. The van der Waals surface area contributed by atoms with E-state index >= 15 is 0 Å². The standard InChI is InChI=1S/C15H20N4O2.ClH/c16-9-13(10-1-2-10)18-14(20)11-3-5-12(6-4-11)19-8-7-17-15(19)21;/h3-6,10,13H,1-2,7-9,16H2,(H,17,21)(H,18,20);1H. The molecule has 1 unspecified atom stereocenters. The van der Waals surface area contributed by atoms with Gasteiger partial charge in [-0.05, 0) is 43.0 Å². The van der Waals surface area contributed by atoms with Crippen molar-refractivity contribution in [2.75, 3.05) is 24.5 Å². The minimum absolute atomic E-state index is 0. The largest absolute Gasteiger partial charge is 0.348 e. The van der Waals surface area contributed by atoms with Gasteiger partial charge in [-0.3, -0.25) is 9.69 Å². The van der Waals surface area contributed by atoms with Crippen LogP contribution in [0.1, 0.15) is 23.2 Å². The first-order valence-electron chi connectivity index (χ1n) is 7.35. The maximum absolute atomic E-state index is 12.2. The van der Waals surface area contributed by atoms with Crippen LogP contribution in [0, 0.1) is 5.92 Å². The summed E-state index contributed by atoms with van der Waals surface area (Å²) < 4.78 is 0. The maximum atomic E-state index is 12.2. The zero-order valence-electron chi connectivity index (χ0n) is 12.2. The number of benzene rings is 1. The van der Waals surface area contributed by atoms with E-state index in [0.717, 1.165) is 18.5 Å². The van der Waals surface area contributed by atoms with Crippen molar-refractivity contribution in [3.05, 3.63) is 29.8 Å². The molecule has 2 aliphatic rings. The number of anilines is 1. The van der Waals surface area contributed by atoms with Crippen molar-refractivity contribution < 1.29 is 9.59 Å². The van der Waals surface area contributed by atoms with E-state index in [1.807, 2.05) is 0 Å². The third kappa shape index (κ3) is 3.51. The molecule has 1 atom stereocenters. The van der Waals surface area contributed by atoms with Gasteiger partial charge < -0.3 is 16.4 Å². The van der Waals surface area contributed by atoms with Crippen LogP contribution >= 0.6 is 12.4 Å². The molecule has 120 valence electrons. The predicted octanol–water partition coefficient (Wildman–Crippen LogP) is 1.11. The monoisotopic (exact) mass is 324 g/mol. The minimum Gasteiger partial charge on any atom is -0.348 e. The Kier molecular flexibility index (Phi) is 5.26. The van der Waals surface area contributed by atoms with Gasteiger partial charge in [-0.1, -0.05) is 0 Å². The number of halogens is 1. The van der Waals surface area contributed by atoms with Gasteiger partial charge in [0.2, 0.25) is 0 Å². The van der Waals surface area contributed by atoms with Gasteiger partial charge in [0.25, 0.3) is 5.91 Å². The lowest BCUT2D eigenvalue weighted by atomic mass is 10.1. The Balaban J connectivity index is 0.00000176. The second-order valence-corrected chi connectivity index (χ2v) is 5.58. The molecule has 7 heteroatoms. The summed E-state index contributed by atoms with van der Waals surface area (Å²) in [4.78, 5) is 25.4. The van der Waals surface area contributed by atoms with E-state index in [2.05, 4.69) is 10.6 Å². The van der Waals surface area contributed by atoms with Crippen LogP contribution in [0.5, 0.6) is 0 Å². The van der Waals surface area contributed by atoms with E-state index in [0.29, 0.717) is 31.1 Å². The molecule has 3 rings (SSSR count). The Labute approximate surface area is 135 Å². The predicted molar refractivity (Wildman–Crippen MR) is 87.5 cm³/mol. The van der Waals surface area contributed by atoms with Crippen LogP contribution in [-0.2, 0) is 0 Å². The number of rotatable bonds is 5. The molecule has 0 bridgehead atoms. The minimum atomic E-state index is -0.102. The van der Waals surface area contributed by atoms with E-state index in [4.69, 9.17) is 5.73 Å². The molecule has 3 amide bonds. The van der Waals surface area contributed by atoms with Crippen molar-refractivity contribution in [3.8, 4) is 0 Å². The Hall–Kier alpha value is -1.79. The second kappa shape index (κ2) is 6.98. The van der Waals surface area contributed by atoms with Gasteiger partial charge in [-0.15, -0.1) is 12.4 Å². The molecule has 6 nitrogen and oxygen atoms in total. The smallest absolute Gasteiger partial charge is 0.321 e. The number of nitrogens with two attached hydrogens (primary N) is 1. The van der Waals surface area contributed by atoms with Crippen molar-refractivity contribution >= 4 is 30.0 Å². The molecular weight excluding hydrogens is 304 g/mol. The van der Waals surface area contributed by atoms with Crippen molar-refractivity contribution in [3.63, 3.8) is 0 Å². The zero-order valence-corrected chi connectivity index (χ0v) is 13.1. The number of urea groups is 1. The molecule has 0 aromatic heterocycles. The Morgan fingerprint density at radius 3 is 2.55 bits per heavy atom. The number of carbonyl (C=O) groups excluding carboxylic acids is 2. The zero-order chi connectivity index (χ0) is 14.8. The van der Waals surface area contributed by atoms with Crippen LogP contribution in [-0.4, -0.2) is 37.6 Å². The molecule has 1 aliphatic heterocycles. The summed E-state index contributed by atoms with van der Waals surface area (Å²) in [5, 5.41) is 5.74. The molecular formula is C15H21ClN4O2. The van der Waals surface area contributed by atoms with E-state index in [-0.39, 0.29) is 30.4 Å². The third-order valence-electron chi connectivity index (χ3n) is 4.06. The number of amides is 3. The van der Waals surface area contributed by atoms with Crippen LogP contribution in [0.15, 0.2) is 24.3 Å². The van der Waals surface area contributed by atoms with E-state index in [9.17, 15) is 9.59 Å². The second-order valence-electron chi connectivity index (χ2n) is 5.58. The summed E-state index contributed by atoms with van der Waals surface area (Å²) in [7, 11) is 0. The number of nitrogens with zero attached hydrogens (tertiary/aromatic N) is 1. The highest BCUT2D eigenvalue weighted by atomic mass is 35.5. The number of nitrogens with one attached hydrogen (secondary N) is 2. The van der Waals surface area contributed by atoms with Gasteiger partial charge in [0, 0.05) is 36.9 Å². The van der Waals surface area contributed by atoms with Gasteiger partial charge in [0.1, 0.15) is 0 Å². The molecule has 2 fully saturated rings. The van der Waals surface area contributed by atoms with E-state index in [1.54, 1.807) is 29.2 Å². The fourth-order valence-corrected chi connectivity index (χ4v) is 2.63. The fraction of sp³-hybridized carbons (Fsp3) is 0.467. The molecule has 4 N–H and O–H groups in total. The van der Waals surface area contributed by atoms with Crippen molar-refractivity contribution in [1.29, 1.82) is 0 Å². The van der Waals surface area contributed by atoms with Crippen molar-refractivity contribution in [2.45, 2.75) is 18.9 Å². The normalized spacial score (nSPS) is 18.4. The number of hydrogen-bond donors (Lipinski definition) is 3. The van der Waals surface area contributed by atoms with Crippen LogP contribution in [0.2, 0.25) is 0 Å². The summed E-state index contributed by atoms with van der Waals surface area (Å²) in [6.45, 7) is 1.78. The summed E-state index contributed by atoms with van der Waals surface area (Å²) >= 11 is 0. The quantitative estimate of drug-likeness (QED) is 0.758. The van der Waals surface area contributed by atoms with Gasteiger partial charge in [0.15, 0.2) is 0 Å². The molecule has 0 radical (unpaired) electrons. The number of carbonyl (C=O) groups is 2. The first-order valence-corrected chi connectivity index (χ1v) is 7.35. The highest BCUT2D eigenvalue weighted by Crippen LogP contribution is 2.32. The molecule has 1 aliphatic carbocycles. The number of hydrogen-bond acceptors (Lipinski definition) is 3. The van der Waals surface area contributed by atoms with Crippen molar-refractivity contribution in [1.82, 2.24) is 10.6 Å². The lowest BCUT2D eigenvalue weighted by Gasteiger charge is -2.17. The average Bonchev–Trinajstić information content (AvgIpc) is 3.26. The molecule has 22 heavy (non-hydrogen) atoms. The summed E-state index contributed by atoms with van der Waals surface area (Å²) in [5.41, 5.74) is 7.10. The maximum Gasteiger partial charge on any atom is 0.321 e. The summed E-state index contributed by atoms with van der Waals surface area (Å²) in [5.74, 6) is 0.432. The van der Waals surface area contributed by atoms with Crippen LogP contribution < -0.4 is 21.3 Å². The van der Waals surface area contributed by atoms with E-state index in [1.165, 1.54) is 0 Å².